The molecule has 0 radical (unpaired) electrons. The zero-order valence-corrected chi connectivity index (χ0v) is 15.6. The normalized spacial score (nSPS) is 12.0. The second kappa shape index (κ2) is 6.81. The van der Waals surface area contributed by atoms with Gasteiger partial charge < -0.3 is 9.32 Å². The summed E-state index contributed by atoms with van der Waals surface area (Å²) in [6.45, 7) is 0. The molecule has 0 unspecified atom stereocenters. The molecule has 0 fully saturated rings. The quantitative estimate of drug-likeness (QED) is 0.531. The molecule has 4 rings (SSSR count). The van der Waals surface area contributed by atoms with Gasteiger partial charge in [-0.2, -0.15) is 14.6 Å². The highest BCUT2D eigenvalue weighted by Gasteiger charge is 2.12. The van der Waals surface area contributed by atoms with Gasteiger partial charge in [0.15, 0.2) is 0 Å². The van der Waals surface area contributed by atoms with Crippen molar-refractivity contribution in [3.63, 3.8) is 0 Å². The largest absolute Gasteiger partial charge is 0.465 e. The summed E-state index contributed by atoms with van der Waals surface area (Å²) in [4.78, 5) is 31.2. The van der Waals surface area contributed by atoms with E-state index in [2.05, 4.69) is 10.1 Å². The summed E-state index contributed by atoms with van der Waals surface area (Å²) in [5.41, 5.74) is 1.50. The van der Waals surface area contributed by atoms with Crippen LogP contribution < -0.4 is 20.6 Å². The molecule has 0 aliphatic rings. The van der Waals surface area contributed by atoms with E-state index in [0.717, 1.165) is 22.6 Å². The molecule has 4 aromatic rings. The first kappa shape index (κ1) is 17.2. The fraction of sp³-hybridized carbons (Fsp3) is 0.158. The van der Waals surface area contributed by atoms with Crippen LogP contribution in [0.15, 0.2) is 56.7 Å². The molecule has 0 aliphatic heterocycles. The number of anilines is 1. The Morgan fingerprint density at radius 1 is 1.19 bits per heavy atom. The van der Waals surface area contributed by atoms with Crippen molar-refractivity contribution in [3.05, 3.63) is 84.9 Å². The number of furan rings is 1. The number of benzene rings is 1. The Labute approximate surface area is 157 Å². The van der Waals surface area contributed by atoms with Crippen molar-refractivity contribution in [2.45, 2.75) is 6.42 Å². The molecule has 0 spiro atoms. The Morgan fingerprint density at radius 3 is 2.63 bits per heavy atom. The maximum absolute atomic E-state index is 12.6. The summed E-state index contributed by atoms with van der Waals surface area (Å²) in [5.74, 6) is 0.558. The van der Waals surface area contributed by atoms with E-state index in [9.17, 15) is 9.59 Å². The van der Waals surface area contributed by atoms with Gasteiger partial charge in [0.05, 0.1) is 6.26 Å². The van der Waals surface area contributed by atoms with Gasteiger partial charge in [0.2, 0.25) is 4.96 Å². The van der Waals surface area contributed by atoms with Crippen LogP contribution in [0.2, 0.25) is 0 Å². The van der Waals surface area contributed by atoms with E-state index < -0.39 is 5.56 Å². The third kappa shape index (κ3) is 3.39. The third-order valence-corrected chi connectivity index (χ3v) is 5.05. The second-order valence-corrected chi connectivity index (χ2v) is 7.24. The minimum absolute atomic E-state index is 0.240. The Kier molecular flexibility index (Phi) is 4.33. The summed E-state index contributed by atoms with van der Waals surface area (Å²) in [5, 5.41) is 4.26. The molecule has 0 saturated heterocycles. The topological polar surface area (TPSA) is 80.7 Å². The van der Waals surface area contributed by atoms with Crippen molar-refractivity contribution in [2.75, 3.05) is 19.0 Å². The van der Waals surface area contributed by atoms with Gasteiger partial charge in [-0.1, -0.05) is 23.5 Å². The van der Waals surface area contributed by atoms with E-state index in [0.29, 0.717) is 16.7 Å². The Bertz CT molecular complexity index is 1260. The molecule has 0 N–H and O–H groups in total. The average Bonchev–Trinajstić information content (AvgIpc) is 3.25. The maximum Gasteiger partial charge on any atom is 0.296 e. The van der Waals surface area contributed by atoms with Crippen LogP contribution in [0.1, 0.15) is 17.0 Å². The van der Waals surface area contributed by atoms with Crippen LogP contribution in [0.3, 0.4) is 0 Å². The van der Waals surface area contributed by atoms with Crippen LogP contribution in [0.25, 0.3) is 11.0 Å². The van der Waals surface area contributed by atoms with Gasteiger partial charge in [-0.3, -0.25) is 9.59 Å². The molecular weight excluding hydrogens is 364 g/mol. The predicted octanol–water partition coefficient (Wildman–Crippen LogP) is 1.31. The van der Waals surface area contributed by atoms with Crippen LogP contribution in [0, 0.1) is 0 Å². The first-order valence-corrected chi connectivity index (χ1v) is 9.07. The number of fused-ring (bicyclic) bond motifs is 1. The van der Waals surface area contributed by atoms with Gasteiger partial charge in [-0.25, -0.2) is 0 Å². The minimum atomic E-state index is -0.419. The van der Waals surface area contributed by atoms with E-state index in [-0.39, 0.29) is 16.2 Å². The molecule has 1 aromatic carbocycles. The zero-order chi connectivity index (χ0) is 19.0. The molecule has 0 amide bonds. The van der Waals surface area contributed by atoms with Crippen LogP contribution in [-0.4, -0.2) is 28.7 Å². The van der Waals surface area contributed by atoms with E-state index in [4.69, 9.17) is 4.42 Å². The molecule has 0 saturated carbocycles. The molecule has 7 nitrogen and oxygen atoms in total. The highest BCUT2D eigenvalue weighted by atomic mass is 32.1. The van der Waals surface area contributed by atoms with E-state index >= 15 is 0 Å². The molecule has 3 heterocycles. The number of aromatic nitrogens is 3. The molecule has 8 heteroatoms. The van der Waals surface area contributed by atoms with Crippen molar-refractivity contribution in [2.24, 2.45) is 0 Å². The Hall–Kier alpha value is -3.26. The summed E-state index contributed by atoms with van der Waals surface area (Å²) in [7, 11) is 3.93. The van der Waals surface area contributed by atoms with Crippen LogP contribution in [0.4, 0.5) is 5.69 Å². The van der Waals surface area contributed by atoms with Gasteiger partial charge >= 0.3 is 0 Å². The summed E-state index contributed by atoms with van der Waals surface area (Å²) in [6.07, 6.45) is 3.46. The second-order valence-electron chi connectivity index (χ2n) is 6.23. The fourth-order valence-electron chi connectivity index (χ4n) is 2.66. The molecule has 0 aliphatic carbocycles. The Morgan fingerprint density at radius 2 is 1.96 bits per heavy atom. The van der Waals surface area contributed by atoms with Crippen molar-refractivity contribution < 1.29 is 4.42 Å². The lowest BCUT2D eigenvalue weighted by Gasteiger charge is -2.12. The van der Waals surface area contributed by atoms with Crippen molar-refractivity contribution in [3.8, 4) is 0 Å². The summed E-state index contributed by atoms with van der Waals surface area (Å²) < 4.78 is 6.84. The highest BCUT2D eigenvalue weighted by molar-refractivity contribution is 7.15. The van der Waals surface area contributed by atoms with Gasteiger partial charge in [0.1, 0.15) is 16.0 Å². The van der Waals surface area contributed by atoms with E-state index in [1.165, 1.54) is 10.8 Å². The maximum atomic E-state index is 12.6. The first-order valence-electron chi connectivity index (χ1n) is 8.25. The average molecular weight is 380 g/mol. The lowest BCUT2D eigenvalue weighted by atomic mass is 10.1. The highest BCUT2D eigenvalue weighted by Crippen LogP contribution is 2.13. The zero-order valence-electron chi connectivity index (χ0n) is 14.7. The number of nitrogens with zero attached hydrogens (tertiary/aromatic N) is 4. The van der Waals surface area contributed by atoms with Crippen molar-refractivity contribution >= 4 is 28.1 Å². The summed E-state index contributed by atoms with van der Waals surface area (Å²) >= 11 is 1.11. The van der Waals surface area contributed by atoms with Gasteiger partial charge in [-0.15, -0.1) is 0 Å². The first-order chi connectivity index (χ1) is 13.0. The smallest absolute Gasteiger partial charge is 0.296 e. The number of hydrogen-bond acceptors (Lipinski definition) is 7. The lowest BCUT2D eigenvalue weighted by Crippen LogP contribution is -2.28. The van der Waals surface area contributed by atoms with Gasteiger partial charge in [0, 0.05) is 32.3 Å². The summed E-state index contributed by atoms with van der Waals surface area (Å²) in [6, 6.07) is 11.3. The van der Waals surface area contributed by atoms with Gasteiger partial charge in [0.25, 0.3) is 11.1 Å². The fourth-order valence-corrected chi connectivity index (χ4v) is 3.54. The van der Waals surface area contributed by atoms with Crippen LogP contribution in [0.5, 0.6) is 0 Å². The molecular formula is C19H16N4O3S. The molecule has 0 bridgehead atoms. The molecule has 136 valence electrons. The lowest BCUT2D eigenvalue weighted by molar-refractivity contribution is 0.556. The monoisotopic (exact) mass is 380 g/mol. The third-order valence-electron chi connectivity index (χ3n) is 4.09. The van der Waals surface area contributed by atoms with Crippen LogP contribution in [-0.2, 0) is 6.42 Å². The molecule has 27 heavy (non-hydrogen) atoms. The number of thiazole rings is 1. The molecule has 3 aromatic heterocycles. The van der Waals surface area contributed by atoms with Crippen LogP contribution >= 0.6 is 11.3 Å². The number of rotatable bonds is 4. The van der Waals surface area contributed by atoms with E-state index in [1.807, 2.05) is 43.3 Å². The van der Waals surface area contributed by atoms with Gasteiger partial charge in [-0.05, 0) is 29.8 Å². The number of hydrogen-bond donors (Lipinski definition) is 0. The SMILES string of the molecule is CN(C)c1ccc(Cc2nn3c(=O)c(=Cc4ccco4)sc3nc2=O)cc1. The predicted molar refractivity (Wildman–Crippen MR) is 104 cm³/mol. The Balaban J connectivity index is 1.74. The van der Waals surface area contributed by atoms with Crippen molar-refractivity contribution in [1.82, 2.24) is 14.6 Å². The molecule has 0 atom stereocenters. The van der Waals surface area contributed by atoms with E-state index in [1.54, 1.807) is 18.2 Å². The van der Waals surface area contributed by atoms with Crippen molar-refractivity contribution in [1.29, 1.82) is 0 Å². The minimum Gasteiger partial charge on any atom is -0.465 e. The standard InChI is InChI=1S/C19H16N4O3S/c1-22(2)13-7-5-12(6-8-13)10-15-17(24)20-19-23(21-15)18(25)16(27-19)11-14-4-3-9-26-14/h3-9,11H,10H2,1-2H3.